The van der Waals surface area contributed by atoms with Crippen molar-refractivity contribution in [2.75, 3.05) is 5.32 Å². The molecule has 3 heteroatoms. The van der Waals surface area contributed by atoms with E-state index in [4.69, 9.17) is 0 Å². The highest BCUT2D eigenvalue weighted by Crippen LogP contribution is 2.26. The number of hydrogen-bond acceptors (Lipinski definition) is 2. The van der Waals surface area contributed by atoms with Gasteiger partial charge in [0.2, 0.25) is 5.91 Å². The van der Waals surface area contributed by atoms with Crippen molar-refractivity contribution in [2.45, 2.75) is 12.8 Å². The van der Waals surface area contributed by atoms with Crippen molar-refractivity contribution >= 4 is 22.9 Å². The molecule has 1 N–H and O–H groups in total. The minimum atomic E-state index is 0.144. The fourth-order valence-corrected chi connectivity index (χ4v) is 1.92. The monoisotopic (exact) mass is 153 g/mol. The minimum absolute atomic E-state index is 0.144. The van der Waals surface area contributed by atoms with Crippen LogP contribution in [0, 0.1) is 0 Å². The zero-order valence-corrected chi connectivity index (χ0v) is 6.20. The van der Waals surface area contributed by atoms with Gasteiger partial charge >= 0.3 is 0 Å². The van der Waals surface area contributed by atoms with E-state index in [1.54, 1.807) is 11.3 Å². The van der Waals surface area contributed by atoms with Gasteiger partial charge in [0.25, 0.3) is 0 Å². The normalized spacial score (nSPS) is 16.2. The molecule has 2 nitrogen and oxygen atoms in total. The predicted molar refractivity (Wildman–Crippen MR) is 41.3 cm³/mol. The van der Waals surface area contributed by atoms with Crippen molar-refractivity contribution in [3.8, 4) is 0 Å². The van der Waals surface area contributed by atoms with Gasteiger partial charge in [-0.1, -0.05) is 0 Å². The average molecular weight is 153 g/mol. The Labute approximate surface area is 62.9 Å². The summed E-state index contributed by atoms with van der Waals surface area (Å²) in [7, 11) is 0. The standard InChI is InChI=1S/C7H7NOS/c9-7-2-1-6-5(8-7)3-4-10-6/h3-4H,1-2H2,(H,8,9). The maximum absolute atomic E-state index is 10.8. The van der Waals surface area contributed by atoms with Crippen LogP contribution in [0.15, 0.2) is 11.4 Å². The fraction of sp³-hybridized carbons (Fsp3) is 0.286. The molecule has 0 aliphatic carbocycles. The van der Waals surface area contributed by atoms with E-state index < -0.39 is 0 Å². The van der Waals surface area contributed by atoms with Crippen LogP contribution in [0.2, 0.25) is 0 Å². The lowest BCUT2D eigenvalue weighted by atomic mass is 10.2. The maximum atomic E-state index is 10.8. The fourth-order valence-electron chi connectivity index (χ4n) is 1.09. The van der Waals surface area contributed by atoms with Gasteiger partial charge in [-0.2, -0.15) is 0 Å². The Morgan fingerprint density at radius 1 is 1.50 bits per heavy atom. The smallest absolute Gasteiger partial charge is 0.224 e. The Hall–Kier alpha value is -0.830. The molecule has 0 saturated carbocycles. The summed E-state index contributed by atoms with van der Waals surface area (Å²) in [5.74, 6) is 0.144. The third-order valence-electron chi connectivity index (χ3n) is 1.60. The van der Waals surface area contributed by atoms with Crippen molar-refractivity contribution in [3.05, 3.63) is 16.3 Å². The summed E-state index contributed by atoms with van der Waals surface area (Å²) in [6, 6.07) is 1.96. The van der Waals surface area contributed by atoms with Crippen molar-refractivity contribution in [3.63, 3.8) is 0 Å². The molecule has 0 saturated heterocycles. The Bertz CT molecular complexity index is 266. The van der Waals surface area contributed by atoms with Crippen LogP contribution in [0.25, 0.3) is 0 Å². The molecule has 1 aromatic heterocycles. The molecule has 10 heavy (non-hydrogen) atoms. The lowest BCUT2D eigenvalue weighted by Crippen LogP contribution is -2.16. The van der Waals surface area contributed by atoms with Gasteiger partial charge in [-0.25, -0.2) is 0 Å². The van der Waals surface area contributed by atoms with Gasteiger partial charge in [-0.05, 0) is 17.9 Å². The van der Waals surface area contributed by atoms with Crippen molar-refractivity contribution in [2.24, 2.45) is 0 Å². The number of anilines is 1. The predicted octanol–water partition coefficient (Wildman–Crippen LogP) is 1.63. The van der Waals surface area contributed by atoms with Crippen LogP contribution in [-0.2, 0) is 11.2 Å². The summed E-state index contributed by atoms with van der Waals surface area (Å²) in [5.41, 5.74) is 1.02. The van der Waals surface area contributed by atoms with E-state index >= 15 is 0 Å². The first-order valence-corrected chi connectivity index (χ1v) is 4.10. The molecule has 0 atom stereocenters. The van der Waals surface area contributed by atoms with Gasteiger partial charge < -0.3 is 5.32 Å². The Kier molecular flexibility index (Phi) is 1.24. The number of carbonyl (C=O) groups is 1. The lowest BCUT2D eigenvalue weighted by Gasteiger charge is -2.10. The molecular weight excluding hydrogens is 146 g/mol. The van der Waals surface area contributed by atoms with Crippen molar-refractivity contribution in [1.82, 2.24) is 0 Å². The van der Waals surface area contributed by atoms with Crippen LogP contribution in [0.4, 0.5) is 5.69 Å². The van der Waals surface area contributed by atoms with E-state index in [-0.39, 0.29) is 5.91 Å². The van der Waals surface area contributed by atoms with Gasteiger partial charge in [0.1, 0.15) is 0 Å². The molecule has 0 radical (unpaired) electrons. The molecule has 0 bridgehead atoms. The molecule has 2 rings (SSSR count). The van der Waals surface area contributed by atoms with Gasteiger partial charge in [0, 0.05) is 11.3 Å². The summed E-state index contributed by atoms with van der Waals surface area (Å²) in [5, 5.41) is 4.82. The molecule has 1 aromatic rings. The van der Waals surface area contributed by atoms with Crippen LogP contribution in [-0.4, -0.2) is 5.91 Å². The largest absolute Gasteiger partial charge is 0.325 e. The second-order valence-electron chi connectivity index (χ2n) is 2.31. The quantitative estimate of drug-likeness (QED) is 0.603. The second kappa shape index (κ2) is 2.09. The van der Waals surface area contributed by atoms with Crippen LogP contribution in [0.1, 0.15) is 11.3 Å². The number of fused-ring (bicyclic) bond motifs is 1. The lowest BCUT2D eigenvalue weighted by molar-refractivity contribution is -0.116. The third kappa shape index (κ3) is 0.827. The Morgan fingerprint density at radius 2 is 2.40 bits per heavy atom. The van der Waals surface area contributed by atoms with Gasteiger partial charge in [-0.3, -0.25) is 4.79 Å². The van der Waals surface area contributed by atoms with E-state index in [9.17, 15) is 4.79 Å². The first-order chi connectivity index (χ1) is 4.86. The highest BCUT2D eigenvalue weighted by molar-refractivity contribution is 7.10. The number of thiophene rings is 1. The minimum Gasteiger partial charge on any atom is -0.325 e. The van der Waals surface area contributed by atoms with Crippen LogP contribution in [0.3, 0.4) is 0 Å². The van der Waals surface area contributed by atoms with E-state index in [0.29, 0.717) is 6.42 Å². The summed E-state index contributed by atoms with van der Waals surface area (Å²) >= 11 is 1.71. The average Bonchev–Trinajstić information content (AvgIpc) is 2.33. The summed E-state index contributed by atoms with van der Waals surface area (Å²) in [6.07, 6.45) is 1.56. The van der Waals surface area contributed by atoms with E-state index in [0.717, 1.165) is 12.1 Å². The molecule has 1 aliphatic heterocycles. The van der Waals surface area contributed by atoms with E-state index in [1.807, 2.05) is 11.4 Å². The summed E-state index contributed by atoms with van der Waals surface area (Å²) < 4.78 is 0. The zero-order valence-electron chi connectivity index (χ0n) is 5.39. The second-order valence-corrected chi connectivity index (χ2v) is 3.31. The number of carbonyl (C=O) groups excluding carboxylic acids is 1. The Balaban J connectivity index is 2.39. The summed E-state index contributed by atoms with van der Waals surface area (Å²) in [6.45, 7) is 0. The van der Waals surface area contributed by atoms with Gasteiger partial charge in [0.15, 0.2) is 0 Å². The van der Waals surface area contributed by atoms with E-state index in [2.05, 4.69) is 5.32 Å². The number of hydrogen-bond donors (Lipinski definition) is 1. The molecule has 2 heterocycles. The maximum Gasteiger partial charge on any atom is 0.224 e. The molecule has 52 valence electrons. The molecule has 0 unspecified atom stereocenters. The zero-order chi connectivity index (χ0) is 6.97. The first kappa shape index (κ1) is 5.92. The number of rotatable bonds is 0. The van der Waals surface area contributed by atoms with Gasteiger partial charge in [0.05, 0.1) is 5.69 Å². The highest BCUT2D eigenvalue weighted by atomic mass is 32.1. The van der Waals surface area contributed by atoms with Crippen LogP contribution >= 0.6 is 11.3 Å². The molecule has 0 aromatic carbocycles. The molecule has 0 fully saturated rings. The summed E-state index contributed by atoms with van der Waals surface area (Å²) in [4.78, 5) is 12.1. The molecule has 1 amide bonds. The van der Waals surface area contributed by atoms with Crippen molar-refractivity contribution < 1.29 is 4.79 Å². The highest BCUT2D eigenvalue weighted by Gasteiger charge is 2.14. The van der Waals surface area contributed by atoms with Crippen LogP contribution in [0.5, 0.6) is 0 Å². The van der Waals surface area contributed by atoms with E-state index in [1.165, 1.54) is 4.88 Å². The topological polar surface area (TPSA) is 29.1 Å². The number of nitrogens with one attached hydrogen (secondary N) is 1. The first-order valence-electron chi connectivity index (χ1n) is 3.22. The third-order valence-corrected chi connectivity index (χ3v) is 2.58. The molecular formula is C7H7NOS. The van der Waals surface area contributed by atoms with Crippen molar-refractivity contribution in [1.29, 1.82) is 0 Å². The van der Waals surface area contributed by atoms with Crippen LogP contribution < -0.4 is 5.32 Å². The molecule has 1 aliphatic rings. The Morgan fingerprint density at radius 3 is 3.30 bits per heavy atom. The SMILES string of the molecule is O=C1CCc2sccc2N1. The molecule has 0 spiro atoms. The number of amides is 1. The van der Waals surface area contributed by atoms with Gasteiger partial charge in [-0.15, -0.1) is 11.3 Å². The number of aryl methyl sites for hydroxylation is 1.